The van der Waals surface area contributed by atoms with Crippen LogP contribution in [0.15, 0.2) is 0 Å². The topological polar surface area (TPSA) is 49.4 Å². The van der Waals surface area contributed by atoms with Crippen molar-refractivity contribution in [3.63, 3.8) is 0 Å². The molecule has 0 spiro atoms. The minimum Gasteiger partial charge on any atom is -0.202 e. The smallest absolute Gasteiger partial charge is 0.202 e. The quantitative estimate of drug-likeness (QED) is 0.701. The van der Waals surface area contributed by atoms with Gasteiger partial charge in [-0.2, -0.15) is 12.7 Å². The monoisotopic (exact) mass is 256 g/mol. The van der Waals surface area contributed by atoms with Gasteiger partial charge in [-0.1, -0.05) is 13.8 Å². The summed E-state index contributed by atoms with van der Waals surface area (Å²) in [5, 5.41) is 0. The second-order valence-electron chi connectivity index (χ2n) is 3.95. The first-order valence-corrected chi connectivity index (χ1v) is 7.04. The van der Waals surface area contributed by atoms with Crippen molar-refractivity contribution in [2.24, 2.45) is 5.41 Å². The third-order valence-corrected chi connectivity index (χ3v) is 4.93. The maximum atomic E-state index is 11.5. The number of halogens is 1. The number of nitrogens with zero attached hydrogens (tertiary/aromatic N) is 1. The first-order valence-electron chi connectivity index (χ1n) is 5.06. The predicted molar refractivity (Wildman–Crippen MR) is 64.3 cm³/mol. The van der Waals surface area contributed by atoms with E-state index in [4.69, 9.17) is 11.6 Å². The van der Waals surface area contributed by atoms with Crippen molar-refractivity contribution >= 4 is 21.8 Å². The Morgan fingerprint density at radius 3 is 2.00 bits per heavy atom. The van der Waals surface area contributed by atoms with Crippen molar-refractivity contribution in [2.75, 3.05) is 26.5 Å². The molecule has 0 amide bonds. The molecule has 0 saturated heterocycles. The Labute approximate surface area is 98.2 Å². The zero-order valence-electron chi connectivity index (χ0n) is 9.88. The van der Waals surface area contributed by atoms with Gasteiger partial charge in [-0.05, 0) is 18.3 Å². The van der Waals surface area contributed by atoms with Crippen LogP contribution >= 0.6 is 11.6 Å². The van der Waals surface area contributed by atoms with E-state index >= 15 is 0 Å². The lowest BCUT2D eigenvalue weighted by Crippen LogP contribution is -2.43. The largest absolute Gasteiger partial charge is 0.278 e. The summed E-state index contributed by atoms with van der Waals surface area (Å²) in [7, 11) is -0.332. The van der Waals surface area contributed by atoms with Gasteiger partial charge >= 0.3 is 0 Å². The molecule has 0 unspecified atom stereocenters. The Morgan fingerprint density at radius 1 is 1.27 bits per heavy atom. The number of alkyl halides is 1. The van der Waals surface area contributed by atoms with Gasteiger partial charge in [0.1, 0.15) is 0 Å². The molecule has 0 atom stereocenters. The van der Waals surface area contributed by atoms with Gasteiger partial charge in [0.25, 0.3) is 10.2 Å². The van der Waals surface area contributed by atoms with Gasteiger partial charge in [-0.25, -0.2) is 4.72 Å². The van der Waals surface area contributed by atoms with Crippen molar-refractivity contribution in [1.82, 2.24) is 9.03 Å². The molecular weight excluding hydrogens is 236 g/mol. The highest BCUT2D eigenvalue weighted by molar-refractivity contribution is 7.87. The summed E-state index contributed by atoms with van der Waals surface area (Å²) < 4.78 is 26.7. The average molecular weight is 257 g/mol. The molecule has 0 aliphatic heterocycles. The molecule has 0 aromatic carbocycles. The number of hydrogen-bond donors (Lipinski definition) is 1. The summed E-state index contributed by atoms with van der Waals surface area (Å²) in [6, 6.07) is 0. The molecule has 0 heterocycles. The summed E-state index contributed by atoms with van der Waals surface area (Å²) >= 11 is 5.88. The second kappa shape index (κ2) is 6.03. The number of nitrogens with one attached hydrogen (secondary N) is 1. The Morgan fingerprint density at radius 2 is 1.73 bits per heavy atom. The van der Waals surface area contributed by atoms with Gasteiger partial charge in [0.05, 0.1) is 0 Å². The summed E-state index contributed by atoms with van der Waals surface area (Å²) in [6.45, 7) is 4.44. The van der Waals surface area contributed by atoms with Gasteiger partial charge in [-0.3, -0.25) is 0 Å². The van der Waals surface area contributed by atoms with E-state index in [1.54, 1.807) is 0 Å². The van der Waals surface area contributed by atoms with Crippen molar-refractivity contribution in [3.8, 4) is 0 Å². The highest BCUT2D eigenvalue weighted by atomic mass is 35.5. The van der Waals surface area contributed by atoms with Crippen LogP contribution in [-0.2, 0) is 10.2 Å². The van der Waals surface area contributed by atoms with Crippen LogP contribution in [0.4, 0.5) is 0 Å². The molecule has 0 radical (unpaired) electrons. The maximum Gasteiger partial charge on any atom is 0.278 e. The Kier molecular flexibility index (Phi) is 6.10. The zero-order valence-corrected chi connectivity index (χ0v) is 11.5. The van der Waals surface area contributed by atoms with E-state index in [0.29, 0.717) is 12.4 Å². The van der Waals surface area contributed by atoms with Crippen LogP contribution in [0.5, 0.6) is 0 Å². The van der Waals surface area contributed by atoms with Crippen LogP contribution in [0.25, 0.3) is 0 Å². The molecule has 0 aromatic rings. The lowest BCUT2D eigenvalue weighted by molar-refractivity contribution is 0.302. The fourth-order valence-corrected chi connectivity index (χ4v) is 2.33. The maximum absolute atomic E-state index is 11.5. The first kappa shape index (κ1) is 15.2. The summed E-state index contributed by atoms with van der Waals surface area (Å²) in [5.41, 5.74) is -0.134. The molecule has 0 aliphatic rings. The number of hydrogen-bond acceptors (Lipinski definition) is 2. The van der Waals surface area contributed by atoms with Crippen LogP contribution in [0.3, 0.4) is 0 Å². The normalized spacial score (nSPS) is 13.5. The minimum absolute atomic E-state index is 0.134. The Balaban J connectivity index is 4.48. The molecule has 1 N–H and O–H groups in total. The van der Waals surface area contributed by atoms with Gasteiger partial charge in [0.2, 0.25) is 0 Å². The SMILES string of the molecule is CCC(CC)(CCl)CNS(=O)(=O)N(C)C. The highest BCUT2D eigenvalue weighted by Gasteiger charge is 2.27. The molecule has 6 heteroatoms. The first-order chi connectivity index (χ1) is 6.83. The third-order valence-electron chi connectivity index (χ3n) is 2.89. The molecule has 0 bridgehead atoms. The second-order valence-corrected chi connectivity index (χ2v) is 6.19. The van der Waals surface area contributed by atoms with Crippen LogP contribution in [0.1, 0.15) is 26.7 Å². The molecule has 0 saturated carbocycles. The molecule has 15 heavy (non-hydrogen) atoms. The van der Waals surface area contributed by atoms with E-state index < -0.39 is 10.2 Å². The zero-order chi connectivity index (χ0) is 12.1. The van der Waals surface area contributed by atoms with E-state index in [9.17, 15) is 8.42 Å². The van der Waals surface area contributed by atoms with Gasteiger partial charge in [0.15, 0.2) is 0 Å². The van der Waals surface area contributed by atoms with Crippen LogP contribution in [-0.4, -0.2) is 39.2 Å². The van der Waals surface area contributed by atoms with E-state index in [1.807, 2.05) is 13.8 Å². The average Bonchev–Trinajstić information content (AvgIpc) is 2.20. The molecule has 4 nitrogen and oxygen atoms in total. The highest BCUT2D eigenvalue weighted by Crippen LogP contribution is 2.27. The molecule has 0 aliphatic carbocycles. The lowest BCUT2D eigenvalue weighted by atomic mass is 9.85. The standard InChI is InChI=1S/C9H21ClN2O2S/c1-5-9(6-2,7-10)8-11-15(13,14)12(3)4/h11H,5-8H2,1-4H3. The van der Waals surface area contributed by atoms with Gasteiger partial charge < -0.3 is 0 Å². The summed E-state index contributed by atoms with van der Waals surface area (Å²) in [4.78, 5) is 0. The van der Waals surface area contributed by atoms with Crippen LogP contribution < -0.4 is 4.72 Å². The van der Waals surface area contributed by atoms with Crippen molar-refractivity contribution in [3.05, 3.63) is 0 Å². The third kappa shape index (κ3) is 4.26. The molecule has 0 rings (SSSR count). The van der Waals surface area contributed by atoms with Crippen molar-refractivity contribution in [2.45, 2.75) is 26.7 Å². The van der Waals surface area contributed by atoms with Crippen LogP contribution in [0, 0.1) is 5.41 Å². The minimum atomic E-state index is -3.34. The fraction of sp³-hybridized carbons (Fsp3) is 1.00. The van der Waals surface area contributed by atoms with Gasteiger partial charge in [-0.15, -0.1) is 11.6 Å². The predicted octanol–water partition coefficient (Wildman–Crippen LogP) is 1.43. The van der Waals surface area contributed by atoms with Gasteiger partial charge in [0, 0.05) is 26.5 Å². The summed E-state index contributed by atoms with van der Waals surface area (Å²) in [6.07, 6.45) is 1.73. The number of rotatable bonds is 7. The van der Waals surface area contributed by atoms with Crippen molar-refractivity contribution < 1.29 is 8.42 Å². The fourth-order valence-electron chi connectivity index (χ4n) is 1.11. The molecule has 0 aromatic heterocycles. The van der Waals surface area contributed by atoms with E-state index in [0.717, 1.165) is 17.1 Å². The molecule has 0 fully saturated rings. The van der Waals surface area contributed by atoms with E-state index in [-0.39, 0.29) is 5.41 Å². The van der Waals surface area contributed by atoms with Crippen LogP contribution in [0.2, 0.25) is 0 Å². The van der Waals surface area contributed by atoms with E-state index in [1.165, 1.54) is 14.1 Å². The van der Waals surface area contributed by atoms with Crippen molar-refractivity contribution in [1.29, 1.82) is 0 Å². The molecule has 92 valence electrons. The Bertz CT molecular complexity index is 266. The Hall–Kier alpha value is 0.160. The summed E-state index contributed by atoms with van der Waals surface area (Å²) in [5.74, 6) is 0.468. The molecular formula is C9H21ClN2O2S. The lowest BCUT2D eigenvalue weighted by Gasteiger charge is -2.29. The van der Waals surface area contributed by atoms with E-state index in [2.05, 4.69) is 4.72 Å².